The summed E-state index contributed by atoms with van der Waals surface area (Å²) >= 11 is 6.29. The largest absolute Gasteiger partial charge is 0.326 e. The highest BCUT2D eigenvalue weighted by atomic mass is 35.5. The molecule has 0 aliphatic carbocycles. The molecule has 1 atom stereocenters. The number of hydrogen-bond acceptors (Lipinski definition) is 2. The van der Waals surface area contributed by atoms with E-state index >= 15 is 0 Å². The third kappa shape index (κ3) is 2.45. The Morgan fingerprint density at radius 1 is 1.11 bits per heavy atom. The number of carbonyl (C=O) groups excluding carboxylic acids is 1. The van der Waals surface area contributed by atoms with Crippen molar-refractivity contribution in [2.24, 2.45) is 5.73 Å². The van der Waals surface area contributed by atoms with Crippen LogP contribution in [0.5, 0.6) is 0 Å². The second-order valence-corrected chi connectivity index (χ2v) is 4.43. The lowest BCUT2D eigenvalue weighted by Gasteiger charge is -2.14. The molecule has 2 rings (SSSR count). The van der Waals surface area contributed by atoms with Crippen LogP contribution in [0.1, 0.15) is 22.6 Å². The van der Waals surface area contributed by atoms with Gasteiger partial charge in [0.05, 0.1) is 5.92 Å². The van der Waals surface area contributed by atoms with Gasteiger partial charge in [-0.1, -0.05) is 60.1 Å². The molecule has 0 aliphatic rings. The summed E-state index contributed by atoms with van der Waals surface area (Å²) in [7, 11) is 0. The summed E-state index contributed by atoms with van der Waals surface area (Å²) in [5.41, 5.74) is 8.23. The molecule has 0 fully saturated rings. The first-order valence-corrected chi connectivity index (χ1v) is 6.13. The van der Waals surface area contributed by atoms with Gasteiger partial charge >= 0.3 is 0 Å². The van der Waals surface area contributed by atoms with E-state index in [0.29, 0.717) is 11.6 Å². The van der Waals surface area contributed by atoms with E-state index in [9.17, 15) is 4.79 Å². The Kier molecular flexibility index (Phi) is 4.13. The molecule has 0 spiro atoms. The third-order valence-electron chi connectivity index (χ3n) is 2.96. The molecule has 0 aromatic heterocycles. The molecule has 92 valence electrons. The molecular formula is C15H14ClNO. The van der Waals surface area contributed by atoms with Crippen molar-refractivity contribution in [3.8, 4) is 0 Å². The van der Waals surface area contributed by atoms with E-state index in [0.717, 1.165) is 23.0 Å². The van der Waals surface area contributed by atoms with Crippen LogP contribution in [0, 0.1) is 0 Å². The van der Waals surface area contributed by atoms with Crippen LogP contribution in [-0.4, -0.2) is 6.29 Å². The van der Waals surface area contributed by atoms with Crippen molar-refractivity contribution in [3.63, 3.8) is 0 Å². The summed E-state index contributed by atoms with van der Waals surface area (Å²) < 4.78 is 0. The third-order valence-corrected chi connectivity index (χ3v) is 3.42. The van der Waals surface area contributed by atoms with Crippen LogP contribution >= 0.6 is 11.6 Å². The van der Waals surface area contributed by atoms with Crippen LogP contribution in [0.2, 0.25) is 5.02 Å². The lowest BCUT2D eigenvalue weighted by atomic mass is 9.91. The van der Waals surface area contributed by atoms with Crippen molar-refractivity contribution in [2.45, 2.75) is 12.5 Å². The van der Waals surface area contributed by atoms with Gasteiger partial charge in [0.2, 0.25) is 0 Å². The molecule has 0 saturated carbocycles. The van der Waals surface area contributed by atoms with Crippen molar-refractivity contribution in [1.29, 1.82) is 0 Å². The second kappa shape index (κ2) is 5.80. The number of carbonyl (C=O) groups is 1. The topological polar surface area (TPSA) is 43.1 Å². The zero-order chi connectivity index (χ0) is 13.0. The molecule has 2 N–H and O–H groups in total. The first-order valence-electron chi connectivity index (χ1n) is 5.75. The molecule has 0 heterocycles. The van der Waals surface area contributed by atoms with E-state index in [4.69, 9.17) is 17.3 Å². The minimum atomic E-state index is -0.342. The Morgan fingerprint density at radius 3 is 2.44 bits per heavy atom. The Morgan fingerprint density at radius 2 is 1.83 bits per heavy atom. The monoisotopic (exact) mass is 259 g/mol. The van der Waals surface area contributed by atoms with E-state index in [-0.39, 0.29) is 5.92 Å². The molecule has 3 heteroatoms. The highest BCUT2D eigenvalue weighted by molar-refractivity contribution is 6.32. The fraction of sp³-hybridized carbons (Fsp3) is 0.133. The number of benzene rings is 2. The predicted molar refractivity (Wildman–Crippen MR) is 73.7 cm³/mol. The van der Waals surface area contributed by atoms with Gasteiger partial charge in [0.15, 0.2) is 0 Å². The number of nitrogens with two attached hydrogens (primary N) is 1. The van der Waals surface area contributed by atoms with Gasteiger partial charge in [-0.15, -0.1) is 0 Å². The van der Waals surface area contributed by atoms with Gasteiger partial charge in [-0.3, -0.25) is 0 Å². The Hall–Kier alpha value is -1.64. The van der Waals surface area contributed by atoms with Crippen LogP contribution in [0.15, 0.2) is 48.5 Å². The second-order valence-electron chi connectivity index (χ2n) is 4.05. The zero-order valence-corrected chi connectivity index (χ0v) is 10.6. The molecule has 2 aromatic carbocycles. The van der Waals surface area contributed by atoms with E-state index < -0.39 is 0 Å². The predicted octanol–water partition coefficient (Wildman–Crippen LogP) is 3.13. The molecule has 2 aromatic rings. The smallest absolute Gasteiger partial charge is 0.131 e. The minimum absolute atomic E-state index is 0.342. The van der Waals surface area contributed by atoms with Crippen LogP contribution in [-0.2, 0) is 11.3 Å². The van der Waals surface area contributed by atoms with Crippen LogP contribution in [0.25, 0.3) is 0 Å². The molecular weight excluding hydrogens is 246 g/mol. The maximum Gasteiger partial charge on any atom is 0.131 e. The normalized spacial score (nSPS) is 12.1. The van der Waals surface area contributed by atoms with Gasteiger partial charge in [0.25, 0.3) is 0 Å². The SMILES string of the molecule is NCc1cccc(C(C=O)c2ccccc2)c1Cl. The Balaban J connectivity index is 2.49. The fourth-order valence-electron chi connectivity index (χ4n) is 1.99. The van der Waals surface area contributed by atoms with E-state index in [2.05, 4.69) is 0 Å². The summed E-state index contributed by atoms with van der Waals surface area (Å²) in [5.74, 6) is -0.342. The maximum atomic E-state index is 11.4. The van der Waals surface area contributed by atoms with Gasteiger partial charge < -0.3 is 10.5 Å². The van der Waals surface area contributed by atoms with E-state index in [1.54, 1.807) is 0 Å². The summed E-state index contributed by atoms with van der Waals surface area (Å²) in [5, 5.41) is 0.584. The number of rotatable bonds is 4. The van der Waals surface area contributed by atoms with E-state index in [1.165, 1.54) is 0 Å². The van der Waals surface area contributed by atoms with Crippen molar-refractivity contribution in [1.82, 2.24) is 0 Å². The fourth-order valence-corrected chi connectivity index (χ4v) is 2.31. The molecule has 0 saturated heterocycles. The van der Waals surface area contributed by atoms with Crippen molar-refractivity contribution < 1.29 is 4.79 Å². The van der Waals surface area contributed by atoms with Gasteiger partial charge in [0.1, 0.15) is 6.29 Å². The lowest BCUT2D eigenvalue weighted by Crippen LogP contribution is -2.06. The van der Waals surface area contributed by atoms with Crippen LogP contribution in [0.4, 0.5) is 0 Å². The molecule has 18 heavy (non-hydrogen) atoms. The average molecular weight is 260 g/mol. The summed E-state index contributed by atoms with van der Waals surface area (Å²) in [6, 6.07) is 15.2. The zero-order valence-electron chi connectivity index (χ0n) is 9.84. The number of hydrogen-bond donors (Lipinski definition) is 1. The Bertz CT molecular complexity index is 539. The van der Waals surface area contributed by atoms with Crippen LogP contribution < -0.4 is 5.73 Å². The quantitative estimate of drug-likeness (QED) is 0.858. The van der Waals surface area contributed by atoms with Gasteiger partial charge in [-0.05, 0) is 16.7 Å². The highest BCUT2D eigenvalue weighted by Gasteiger charge is 2.17. The Labute approximate surface area is 111 Å². The summed E-state index contributed by atoms with van der Waals surface area (Å²) in [4.78, 5) is 11.4. The van der Waals surface area contributed by atoms with Gasteiger partial charge in [0, 0.05) is 11.6 Å². The first-order chi connectivity index (χ1) is 8.77. The minimum Gasteiger partial charge on any atom is -0.326 e. The molecule has 0 aliphatic heterocycles. The molecule has 1 unspecified atom stereocenters. The molecule has 2 nitrogen and oxygen atoms in total. The molecule has 0 radical (unpaired) electrons. The maximum absolute atomic E-state index is 11.4. The van der Waals surface area contributed by atoms with E-state index in [1.807, 2.05) is 48.5 Å². The van der Waals surface area contributed by atoms with Crippen molar-refractivity contribution in [2.75, 3.05) is 0 Å². The first kappa shape index (κ1) is 12.8. The highest BCUT2D eigenvalue weighted by Crippen LogP contribution is 2.30. The molecule has 0 bridgehead atoms. The lowest BCUT2D eigenvalue weighted by molar-refractivity contribution is -0.108. The average Bonchev–Trinajstić information content (AvgIpc) is 2.43. The standard InChI is InChI=1S/C15H14ClNO/c16-15-12(9-17)7-4-8-13(15)14(10-18)11-5-2-1-3-6-11/h1-8,10,14H,9,17H2. The van der Waals surface area contributed by atoms with Gasteiger partial charge in [-0.25, -0.2) is 0 Å². The van der Waals surface area contributed by atoms with Crippen molar-refractivity contribution >= 4 is 17.9 Å². The number of aldehydes is 1. The summed E-state index contributed by atoms with van der Waals surface area (Å²) in [6.07, 6.45) is 0.914. The summed E-state index contributed by atoms with van der Waals surface area (Å²) in [6.45, 7) is 0.368. The number of halogens is 1. The van der Waals surface area contributed by atoms with Crippen LogP contribution in [0.3, 0.4) is 0 Å². The molecule has 0 amide bonds. The van der Waals surface area contributed by atoms with Crippen molar-refractivity contribution in [3.05, 3.63) is 70.2 Å². The van der Waals surface area contributed by atoms with Gasteiger partial charge in [-0.2, -0.15) is 0 Å².